The number of hydrogen-bond acceptors (Lipinski definition) is 7. The fourth-order valence-electron chi connectivity index (χ4n) is 3.78. The van der Waals surface area contributed by atoms with Crippen molar-refractivity contribution in [2.24, 2.45) is 5.73 Å². The van der Waals surface area contributed by atoms with Gasteiger partial charge in [0.15, 0.2) is 17.0 Å². The average molecular weight is 391 g/mol. The molecule has 4 aromatic rings. The number of aromatic nitrogens is 6. The molecule has 10 nitrogen and oxygen atoms in total. The minimum absolute atomic E-state index is 0.0175. The lowest BCUT2D eigenvalue weighted by Gasteiger charge is -2.13. The van der Waals surface area contributed by atoms with Crippen LogP contribution in [0.3, 0.4) is 0 Å². The smallest absolute Gasteiger partial charge is 0.165 e. The molecule has 1 atom stereocenters. The van der Waals surface area contributed by atoms with Crippen LogP contribution in [0.15, 0.2) is 24.5 Å². The molecule has 1 saturated heterocycles. The van der Waals surface area contributed by atoms with Crippen LogP contribution < -0.4 is 11.5 Å². The summed E-state index contributed by atoms with van der Waals surface area (Å²) >= 11 is 0. The summed E-state index contributed by atoms with van der Waals surface area (Å²) in [6.07, 6.45) is 4.15. The molecule has 1 aliphatic heterocycles. The number of rotatable bonds is 5. The van der Waals surface area contributed by atoms with E-state index in [0.717, 1.165) is 42.1 Å². The molecule has 0 amide bonds. The van der Waals surface area contributed by atoms with E-state index in [1.165, 1.54) is 6.33 Å². The van der Waals surface area contributed by atoms with Gasteiger partial charge in [-0.25, -0.2) is 19.9 Å². The summed E-state index contributed by atoms with van der Waals surface area (Å²) in [5.41, 5.74) is 15.2. The Bertz CT molecular complexity index is 1220. The van der Waals surface area contributed by atoms with Gasteiger partial charge in [0.1, 0.15) is 23.8 Å². The van der Waals surface area contributed by atoms with E-state index in [1.54, 1.807) is 12.1 Å². The Morgan fingerprint density at radius 3 is 3.00 bits per heavy atom. The Labute approximate surface area is 165 Å². The van der Waals surface area contributed by atoms with E-state index < -0.39 is 0 Å². The summed E-state index contributed by atoms with van der Waals surface area (Å²) in [5.74, 6) is 1.94. The number of nitrogen functional groups attached to an aromatic ring is 2. The average Bonchev–Trinajstić information content (AvgIpc) is 3.42. The molecule has 6 N–H and O–H groups in total. The third kappa shape index (κ3) is 3.17. The summed E-state index contributed by atoms with van der Waals surface area (Å²) in [4.78, 5) is 21.2. The normalized spacial score (nSPS) is 16.8. The molecule has 0 saturated carbocycles. The summed E-state index contributed by atoms with van der Waals surface area (Å²) in [5, 5.41) is 7.60. The Morgan fingerprint density at radius 2 is 2.21 bits per heavy atom. The largest absolute Gasteiger partial charge is 0.384 e. The molecular formula is C19H21N9O. The summed E-state index contributed by atoms with van der Waals surface area (Å²) in [7, 11) is 0. The number of aromatic amines is 1. The van der Waals surface area contributed by atoms with Crippen molar-refractivity contribution in [2.45, 2.75) is 31.9 Å². The Kier molecular flexibility index (Phi) is 4.13. The van der Waals surface area contributed by atoms with Crippen molar-refractivity contribution in [3.63, 3.8) is 0 Å². The summed E-state index contributed by atoms with van der Waals surface area (Å²) in [6.45, 7) is 1.45. The van der Waals surface area contributed by atoms with Gasteiger partial charge < -0.3 is 25.8 Å². The highest BCUT2D eigenvalue weighted by Crippen LogP contribution is 2.23. The SMILES string of the molecule is N=C(N)c1ccc2[nH]c(Cc3nc4c(N)ncnc4n3CC3CCCO3)nc2c1. The molecule has 0 radical (unpaired) electrons. The van der Waals surface area contributed by atoms with Gasteiger partial charge in [0.2, 0.25) is 0 Å². The zero-order chi connectivity index (χ0) is 20.0. The number of imidazole rings is 2. The molecule has 0 bridgehead atoms. The van der Waals surface area contributed by atoms with Gasteiger partial charge in [0, 0.05) is 12.2 Å². The maximum atomic E-state index is 7.60. The number of nitrogens with one attached hydrogen (secondary N) is 2. The first kappa shape index (κ1) is 17.6. The second-order valence-electron chi connectivity index (χ2n) is 7.21. The monoisotopic (exact) mass is 391 g/mol. The van der Waals surface area contributed by atoms with Gasteiger partial charge in [-0.3, -0.25) is 5.41 Å². The molecule has 4 heterocycles. The minimum Gasteiger partial charge on any atom is -0.384 e. The van der Waals surface area contributed by atoms with Crippen LogP contribution in [0, 0.1) is 5.41 Å². The van der Waals surface area contributed by atoms with Crippen molar-refractivity contribution in [3.05, 3.63) is 41.7 Å². The molecule has 5 rings (SSSR count). The van der Waals surface area contributed by atoms with Crippen LogP contribution in [0.4, 0.5) is 5.82 Å². The van der Waals surface area contributed by atoms with Gasteiger partial charge in [0.25, 0.3) is 0 Å². The maximum absolute atomic E-state index is 7.60. The zero-order valence-electron chi connectivity index (χ0n) is 15.7. The second kappa shape index (κ2) is 6.82. The van der Waals surface area contributed by atoms with Crippen LogP contribution in [-0.4, -0.2) is 48.0 Å². The highest BCUT2D eigenvalue weighted by Gasteiger charge is 2.22. The van der Waals surface area contributed by atoms with E-state index >= 15 is 0 Å². The van der Waals surface area contributed by atoms with Crippen molar-refractivity contribution in [1.29, 1.82) is 5.41 Å². The van der Waals surface area contributed by atoms with E-state index in [0.29, 0.717) is 35.5 Å². The van der Waals surface area contributed by atoms with Crippen molar-refractivity contribution < 1.29 is 4.74 Å². The number of ether oxygens (including phenoxy) is 1. The van der Waals surface area contributed by atoms with E-state index in [2.05, 4.69) is 24.5 Å². The highest BCUT2D eigenvalue weighted by molar-refractivity contribution is 5.97. The number of hydrogen-bond donors (Lipinski definition) is 4. The number of fused-ring (bicyclic) bond motifs is 2. The van der Waals surface area contributed by atoms with Gasteiger partial charge in [-0.1, -0.05) is 0 Å². The first-order valence-corrected chi connectivity index (χ1v) is 9.48. The number of benzene rings is 1. The Morgan fingerprint density at radius 1 is 1.31 bits per heavy atom. The second-order valence-corrected chi connectivity index (χ2v) is 7.21. The predicted molar refractivity (Wildman–Crippen MR) is 109 cm³/mol. The van der Waals surface area contributed by atoms with Crippen molar-refractivity contribution in [1.82, 2.24) is 29.5 Å². The lowest BCUT2D eigenvalue weighted by molar-refractivity contribution is 0.0971. The first-order valence-electron chi connectivity index (χ1n) is 9.48. The van der Waals surface area contributed by atoms with Crippen molar-refractivity contribution in [2.75, 3.05) is 12.3 Å². The number of anilines is 1. The third-order valence-corrected chi connectivity index (χ3v) is 5.22. The van der Waals surface area contributed by atoms with Gasteiger partial charge in [0.05, 0.1) is 30.1 Å². The fourth-order valence-corrected chi connectivity index (χ4v) is 3.78. The quantitative estimate of drug-likeness (QED) is 0.295. The highest BCUT2D eigenvalue weighted by atomic mass is 16.5. The van der Waals surface area contributed by atoms with E-state index in [9.17, 15) is 0 Å². The lowest BCUT2D eigenvalue weighted by atomic mass is 10.2. The van der Waals surface area contributed by atoms with Crippen LogP contribution >= 0.6 is 0 Å². The minimum atomic E-state index is 0.0175. The molecule has 0 aliphatic carbocycles. The standard InChI is InChI=1S/C19H21N9O/c20-17(21)10-3-4-12-13(6-10)26-14(25-12)7-15-27-16-18(22)23-9-24-19(16)28(15)8-11-2-1-5-29-11/h3-4,6,9,11H,1-2,5,7-8H2,(H3,20,21)(H,25,26)(H2,22,23,24). The zero-order valence-corrected chi connectivity index (χ0v) is 15.7. The molecule has 1 fully saturated rings. The van der Waals surface area contributed by atoms with Crippen LogP contribution in [0.5, 0.6) is 0 Å². The van der Waals surface area contributed by atoms with E-state index in [-0.39, 0.29) is 11.9 Å². The molecular weight excluding hydrogens is 370 g/mol. The van der Waals surface area contributed by atoms with Crippen LogP contribution in [0.1, 0.15) is 30.1 Å². The predicted octanol–water partition coefficient (Wildman–Crippen LogP) is 1.34. The van der Waals surface area contributed by atoms with Gasteiger partial charge in [-0.15, -0.1) is 0 Å². The van der Waals surface area contributed by atoms with Gasteiger partial charge in [-0.05, 0) is 31.0 Å². The fraction of sp³-hybridized carbons (Fsp3) is 0.316. The van der Waals surface area contributed by atoms with Crippen LogP contribution in [0.25, 0.3) is 22.2 Å². The lowest BCUT2D eigenvalue weighted by Crippen LogP contribution is -2.17. The molecule has 0 spiro atoms. The molecule has 148 valence electrons. The molecule has 3 aromatic heterocycles. The Balaban J connectivity index is 1.54. The van der Waals surface area contributed by atoms with E-state index in [4.69, 9.17) is 26.6 Å². The number of amidine groups is 1. The topological polar surface area (TPSA) is 157 Å². The number of nitrogens with zero attached hydrogens (tertiary/aromatic N) is 5. The third-order valence-electron chi connectivity index (χ3n) is 5.22. The Hall–Kier alpha value is -3.53. The molecule has 10 heteroatoms. The summed E-state index contributed by atoms with van der Waals surface area (Å²) < 4.78 is 7.87. The van der Waals surface area contributed by atoms with Crippen molar-refractivity contribution in [3.8, 4) is 0 Å². The van der Waals surface area contributed by atoms with Gasteiger partial charge in [-0.2, -0.15) is 0 Å². The molecule has 1 unspecified atom stereocenters. The van der Waals surface area contributed by atoms with Crippen LogP contribution in [0.2, 0.25) is 0 Å². The van der Waals surface area contributed by atoms with Gasteiger partial charge >= 0.3 is 0 Å². The first-order chi connectivity index (χ1) is 14.1. The van der Waals surface area contributed by atoms with Crippen molar-refractivity contribution >= 4 is 33.9 Å². The molecule has 1 aliphatic rings. The van der Waals surface area contributed by atoms with Crippen LogP contribution in [-0.2, 0) is 17.7 Å². The summed E-state index contributed by atoms with van der Waals surface area (Å²) in [6, 6.07) is 5.48. The number of nitrogens with two attached hydrogens (primary N) is 2. The molecule has 1 aromatic carbocycles. The molecule has 29 heavy (non-hydrogen) atoms. The maximum Gasteiger partial charge on any atom is 0.165 e. The van der Waals surface area contributed by atoms with E-state index in [1.807, 2.05) is 6.07 Å². The number of H-pyrrole nitrogens is 1.